The molecule has 5 heteroatoms. The minimum Gasteiger partial charge on any atom is -0.481 e. The van der Waals surface area contributed by atoms with E-state index < -0.39 is 0 Å². The number of nitrogens with two attached hydrogens (primary N) is 1. The third kappa shape index (κ3) is 4.56. The zero-order valence-corrected chi connectivity index (χ0v) is 13.3. The summed E-state index contributed by atoms with van der Waals surface area (Å²) in [6, 6.07) is 2.52. The van der Waals surface area contributed by atoms with E-state index in [1.54, 1.807) is 7.11 Å². The average Bonchev–Trinajstić information content (AvgIpc) is 2.76. The molecule has 0 unspecified atom stereocenters. The highest BCUT2D eigenvalue weighted by atomic mass is 16.5. The van der Waals surface area contributed by atoms with Gasteiger partial charge in [0.15, 0.2) is 0 Å². The Morgan fingerprint density at radius 2 is 1.95 bits per heavy atom. The van der Waals surface area contributed by atoms with Gasteiger partial charge in [-0.1, -0.05) is 25.7 Å². The largest absolute Gasteiger partial charge is 0.481 e. The lowest BCUT2D eigenvalue weighted by Gasteiger charge is -2.32. The van der Waals surface area contributed by atoms with Crippen molar-refractivity contribution < 1.29 is 4.74 Å². The Labute approximate surface area is 127 Å². The van der Waals surface area contributed by atoms with Gasteiger partial charge in [-0.3, -0.25) is 0 Å². The van der Waals surface area contributed by atoms with Gasteiger partial charge < -0.3 is 15.4 Å². The third-order valence-electron chi connectivity index (χ3n) is 4.17. The Morgan fingerprint density at radius 1 is 1.24 bits per heavy atom. The summed E-state index contributed by atoms with van der Waals surface area (Å²) in [6.07, 6.45) is 8.81. The van der Waals surface area contributed by atoms with E-state index in [2.05, 4.69) is 14.9 Å². The van der Waals surface area contributed by atoms with E-state index in [0.717, 1.165) is 24.6 Å². The van der Waals surface area contributed by atoms with Crippen LogP contribution < -0.4 is 15.4 Å². The summed E-state index contributed by atoms with van der Waals surface area (Å²) in [5, 5.41) is 0. The molecule has 0 atom stereocenters. The molecule has 0 spiro atoms. The van der Waals surface area contributed by atoms with Crippen LogP contribution in [0.1, 0.15) is 50.8 Å². The van der Waals surface area contributed by atoms with E-state index in [9.17, 15) is 0 Å². The summed E-state index contributed by atoms with van der Waals surface area (Å²) >= 11 is 0. The number of hydrogen-bond donors (Lipinski definition) is 1. The molecular weight excluding hydrogens is 264 g/mol. The summed E-state index contributed by atoms with van der Waals surface area (Å²) in [7, 11) is 1.65. The van der Waals surface area contributed by atoms with Gasteiger partial charge in [0.25, 0.3) is 0 Å². The van der Waals surface area contributed by atoms with E-state index in [4.69, 9.17) is 10.5 Å². The Bertz CT molecular complexity index is 430. The first-order valence-corrected chi connectivity index (χ1v) is 8.11. The quantitative estimate of drug-likeness (QED) is 0.817. The fourth-order valence-electron chi connectivity index (χ4n) is 3.09. The molecule has 118 valence electrons. The highest BCUT2D eigenvalue weighted by Gasteiger charge is 2.22. The number of methoxy groups -OCH3 is 1. The zero-order valence-electron chi connectivity index (χ0n) is 13.3. The van der Waals surface area contributed by atoms with Crippen LogP contribution in [-0.4, -0.2) is 36.2 Å². The highest BCUT2D eigenvalue weighted by Crippen LogP contribution is 2.27. The number of hydrogen-bond acceptors (Lipinski definition) is 5. The fourth-order valence-corrected chi connectivity index (χ4v) is 3.09. The summed E-state index contributed by atoms with van der Waals surface area (Å²) in [5.41, 5.74) is 5.72. The fraction of sp³-hybridized carbons (Fsp3) is 0.750. The van der Waals surface area contributed by atoms with E-state index in [0.29, 0.717) is 18.5 Å². The first-order chi connectivity index (χ1) is 10.2. The SMILES string of the molecule is COc1cc(N(CCCN)C2CCCCCC2)nc(C)n1. The van der Waals surface area contributed by atoms with Crippen LogP contribution >= 0.6 is 0 Å². The van der Waals surface area contributed by atoms with Crippen molar-refractivity contribution in [2.45, 2.75) is 57.9 Å². The lowest BCUT2D eigenvalue weighted by Crippen LogP contribution is -2.37. The monoisotopic (exact) mass is 292 g/mol. The second kappa shape index (κ2) is 8.17. The smallest absolute Gasteiger partial charge is 0.218 e. The van der Waals surface area contributed by atoms with Crippen molar-refractivity contribution in [2.75, 3.05) is 25.1 Å². The first-order valence-electron chi connectivity index (χ1n) is 8.11. The summed E-state index contributed by atoms with van der Waals surface area (Å²) in [4.78, 5) is 11.4. The van der Waals surface area contributed by atoms with Crippen LogP contribution in [0.25, 0.3) is 0 Å². The number of aromatic nitrogens is 2. The number of nitrogens with zero attached hydrogens (tertiary/aromatic N) is 3. The third-order valence-corrected chi connectivity index (χ3v) is 4.17. The number of ether oxygens (including phenoxy) is 1. The molecular formula is C16H28N4O. The maximum atomic E-state index is 5.72. The van der Waals surface area contributed by atoms with Gasteiger partial charge in [-0.2, -0.15) is 4.98 Å². The second-order valence-corrected chi connectivity index (χ2v) is 5.80. The molecule has 1 fully saturated rings. The lowest BCUT2D eigenvalue weighted by atomic mass is 10.1. The molecule has 1 aliphatic rings. The van der Waals surface area contributed by atoms with Crippen LogP contribution in [0.15, 0.2) is 6.07 Å². The Morgan fingerprint density at radius 3 is 2.57 bits per heavy atom. The molecule has 1 aromatic rings. The molecule has 1 aromatic heterocycles. The highest BCUT2D eigenvalue weighted by molar-refractivity contribution is 5.43. The summed E-state index contributed by atoms with van der Waals surface area (Å²) < 4.78 is 5.30. The minimum atomic E-state index is 0.568. The average molecular weight is 292 g/mol. The van der Waals surface area contributed by atoms with Crippen molar-refractivity contribution in [2.24, 2.45) is 5.73 Å². The van der Waals surface area contributed by atoms with Gasteiger partial charge in [-0.15, -0.1) is 0 Å². The predicted molar refractivity (Wildman–Crippen MR) is 85.8 cm³/mol. The molecule has 1 aliphatic carbocycles. The van der Waals surface area contributed by atoms with Crippen LogP contribution in [0.4, 0.5) is 5.82 Å². The van der Waals surface area contributed by atoms with Crippen molar-refractivity contribution in [1.29, 1.82) is 0 Å². The standard InChI is InChI=1S/C16H28N4O/c1-13-18-15(12-16(19-13)21-2)20(11-7-10-17)14-8-5-3-4-6-9-14/h12,14H,3-11,17H2,1-2H3. The molecule has 5 nitrogen and oxygen atoms in total. The molecule has 0 saturated heterocycles. The van der Waals surface area contributed by atoms with Crippen molar-refractivity contribution in [3.8, 4) is 5.88 Å². The van der Waals surface area contributed by atoms with E-state index >= 15 is 0 Å². The zero-order chi connectivity index (χ0) is 15.1. The van der Waals surface area contributed by atoms with Crippen molar-refractivity contribution >= 4 is 5.82 Å². The van der Waals surface area contributed by atoms with Crippen LogP contribution in [0.3, 0.4) is 0 Å². The van der Waals surface area contributed by atoms with Gasteiger partial charge in [0.1, 0.15) is 11.6 Å². The van der Waals surface area contributed by atoms with Gasteiger partial charge in [0.05, 0.1) is 7.11 Å². The minimum absolute atomic E-state index is 0.568. The molecule has 0 aromatic carbocycles. The van der Waals surface area contributed by atoms with Crippen molar-refractivity contribution in [1.82, 2.24) is 9.97 Å². The number of anilines is 1. The van der Waals surface area contributed by atoms with Crippen LogP contribution in [0.5, 0.6) is 5.88 Å². The molecule has 0 radical (unpaired) electrons. The van der Waals surface area contributed by atoms with E-state index in [1.165, 1.54) is 38.5 Å². The Balaban J connectivity index is 2.23. The Kier molecular flexibility index (Phi) is 6.23. The first kappa shape index (κ1) is 16.0. The molecule has 2 rings (SSSR count). The molecule has 0 bridgehead atoms. The maximum Gasteiger partial charge on any atom is 0.218 e. The summed E-state index contributed by atoms with van der Waals surface area (Å²) in [5.74, 6) is 2.39. The molecule has 1 heterocycles. The predicted octanol–water partition coefficient (Wildman–Crippen LogP) is 2.67. The van der Waals surface area contributed by atoms with Crippen LogP contribution in [0.2, 0.25) is 0 Å². The lowest BCUT2D eigenvalue weighted by molar-refractivity contribution is 0.395. The number of aryl methyl sites for hydroxylation is 1. The molecule has 2 N–H and O–H groups in total. The molecule has 21 heavy (non-hydrogen) atoms. The molecule has 0 aliphatic heterocycles. The second-order valence-electron chi connectivity index (χ2n) is 5.80. The normalized spacial score (nSPS) is 16.5. The topological polar surface area (TPSA) is 64.3 Å². The van der Waals surface area contributed by atoms with Gasteiger partial charge in [0.2, 0.25) is 5.88 Å². The van der Waals surface area contributed by atoms with Crippen molar-refractivity contribution in [3.05, 3.63) is 11.9 Å². The van der Waals surface area contributed by atoms with Gasteiger partial charge in [-0.05, 0) is 32.7 Å². The van der Waals surface area contributed by atoms with Gasteiger partial charge >= 0.3 is 0 Å². The van der Waals surface area contributed by atoms with E-state index in [1.807, 2.05) is 13.0 Å². The van der Waals surface area contributed by atoms with Crippen LogP contribution in [0, 0.1) is 6.92 Å². The molecule has 0 amide bonds. The van der Waals surface area contributed by atoms with E-state index in [-0.39, 0.29) is 0 Å². The number of rotatable bonds is 6. The van der Waals surface area contributed by atoms with Crippen LogP contribution in [-0.2, 0) is 0 Å². The maximum absolute atomic E-state index is 5.72. The van der Waals surface area contributed by atoms with Gasteiger partial charge in [-0.25, -0.2) is 4.98 Å². The van der Waals surface area contributed by atoms with Crippen molar-refractivity contribution in [3.63, 3.8) is 0 Å². The summed E-state index contributed by atoms with van der Waals surface area (Å²) in [6.45, 7) is 3.59. The Hall–Kier alpha value is -1.36. The molecule has 1 saturated carbocycles. The van der Waals surface area contributed by atoms with Gasteiger partial charge in [0, 0.05) is 18.7 Å².